The molecule has 0 radical (unpaired) electrons. The fourth-order valence-corrected chi connectivity index (χ4v) is 3.24. The highest BCUT2D eigenvalue weighted by Crippen LogP contribution is 2.40. The Labute approximate surface area is 131 Å². The van der Waals surface area contributed by atoms with Crippen molar-refractivity contribution in [3.05, 3.63) is 64.7 Å². The molecule has 21 heavy (non-hydrogen) atoms. The average Bonchev–Trinajstić information content (AvgIpc) is 2.47. The molecule has 3 heteroatoms. The molecular weight excluding hydrogens is 282 g/mol. The third-order valence-electron chi connectivity index (χ3n) is 4.26. The molecular formula is C18H20ClNO. The van der Waals surface area contributed by atoms with Gasteiger partial charge in [-0.15, -0.1) is 0 Å². The van der Waals surface area contributed by atoms with Crippen molar-refractivity contribution in [2.75, 3.05) is 7.11 Å². The van der Waals surface area contributed by atoms with E-state index in [0.717, 1.165) is 30.2 Å². The van der Waals surface area contributed by atoms with E-state index in [1.54, 1.807) is 7.11 Å². The largest absolute Gasteiger partial charge is 0.496 e. The molecule has 0 amide bonds. The third kappa shape index (κ3) is 3.22. The monoisotopic (exact) mass is 301 g/mol. The first-order valence-corrected chi connectivity index (χ1v) is 7.75. The van der Waals surface area contributed by atoms with Crippen molar-refractivity contribution < 1.29 is 4.74 Å². The minimum Gasteiger partial charge on any atom is -0.496 e. The summed E-state index contributed by atoms with van der Waals surface area (Å²) in [6.45, 7) is 0.851. The second-order valence-electron chi connectivity index (χ2n) is 5.58. The van der Waals surface area contributed by atoms with Crippen molar-refractivity contribution in [3.8, 4) is 5.75 Å². The second-order valence-corrected chi connectivity index (χ2v) is 5.99. The van der Waals surface area contributed by atoms with Gasteiger partial charge in [-0.3, -0.25) is 0 Å². The first-order valence-electron chi connectivity index (χ1n) is 7.37. The van der Waals surface area contributed by atoms with Gasteiger partial charge in [-0.25, -0.2) is 0 Å². The minimum absolute atomic E-state index is 0.566. The number of hydrogen-bond acceptors (Lipinski definition) is 2. The first kappa shape index (κ1) is 14.4. The number of benzene rings is 2. The Hall–Kier alpha value is -1.51. The Kier molecular flexibility index (Phi) is 4.47. The molecule has 110 valence electrons. The zero-order chi connectivity index (χ0) is 14.7. The molecule has 2 nitrogen and oxygen atoms in total. The van der Waals surface area contributed by atoms with E-state index < -0.39 is 0 Å². The molecule has 0 saturated heterocycles. The summed E-state index contributed by atoms with van der Waals surface area (Å²) in [5, 5.41) is 4.50. The van der Waals surface area contributed by atoms with E-state index in [-0.39, 0.29) is 0 Å². The van der Waals surface area contributed by atoms with Gasteiger partial charge in [0.1, 0.15) is 5.75 Å². The van der Waals surface area contributed by atoms with E-state index in [9.17, 15) is 0 Å². The summed E-state index contributed by atoms with van der Waals surface area (Å²) in [6, 6.07) is 16.9. The number of methoxy groups -OCH3 is 1. The number of nitrogens with one attached hydrogen (secondary N) is 1. The first-order chi connectivity index (χ1) is 10.3. The van der Waals surface area contributed by atoms with Crippen LogP contribution in [0.4, 0.5) is 0 Å². The van der Waals surface area contributed by atoms with Gasteiger partial charge in [0.05, 0.1) is 7.11 Å². The van der Waals surface area contributed by atoms with Crippen LogP contribution in [0.25, 0.3) is 0 Å². The van der Waals surface area contributed by atoms with E-state index in [4.69, 9.17) is 16.3 Å². The minimum atomic E-state index is 0.566. The summed E-state index contributed by atoms with van der Waals surface area (Å²) in [5.41, 5.74) is 2.50. The van der Waals surface area contributed by atoms with Crippen LogP contribution < -0.4 is 10.1 Å². The number of halogens is 1. The standard InChI is InChI=1S/C18H20ClNO/c1-21-18-9-5-2-6-13(18)12-20-15-10-14(11-15)16-7-3-4-8-17(16)19/h2-9,14-15,20H,10-12H2,1H3. The van der Waals surface area contributed by atoms with Gasteiger partial charge < -0.3 is 10.1 Å². The summed E-state index contributed by atoms with van der Waals surface area (Å²) in [7, 11) is 1.72. The van der Waals surface area contributed by atoms with Crippen LogP contribution >= 0.6 is 11.6 Å². The lowest BCUT2D eigenvalue weighted by Crippen LogP contribution is -2.39. The Morgan fingerprint density at radius 2 is 1.81 bits per heavy atom. The molecule has 2 aromatic carbocycles. The molecule has 0 spiro atoms. The highest BCUT2D eigenvalue weighted by Gasteiger charge is 2.31. The van der Waals surface area contributed by atoms with Gasteiger partial charge in [0.15, 0.2) is 0 Å². The van der Waals surface area contributed by atoms with Crippen LogP contribution in [0, 0.1) is 0 Å². The molecule has 0 aromatic heterocycles. The lowest BCUT2D eigenvalue weighted by molar-refractivity contribution is 0.288. The van der Waals surface area contributed by atoms with E-state index in [2.05, 4.69) is 23.5 Å². The van der Waals surface area contributed by atoms with E-state index in [1.165, 1.54) is 11.1 Å². The molecule has 3 rings (SSSR count). The lowest BCUT2D eigenvalue weighted by atomic mass is 9.76. The van der Waals surface area contributed by atoms with Gasteiger partial charge in [-0.2, -0.15) is 0 Å². The van der Waals surface area contributed by atoms with E-state index in [1.807, 2.05) is 30.3 Å². The second kappa shape index (κ2) is 6.50. The van der Waals surface area contributed by atoms with Gasteiger partial charge >= 0.3 is 0 Å². The Morgan fingerprint density at radius 3 is 2.57 bits per heavy atom. The fraction of sp³-hybridized carbons (Fsp3) is 0.333. The molecule has 1 aliphatic rings. The molecule has 0 atom stereocenters. The maximum atomic E-state index is 6.26. The van der Waals surface area contributed by atoms with Gasteiger partial charge in [-0.1, -0.05) is 48.0 Å². The molecule has 0 aliphatic heterocycles. The molecule has 0 unspecified atom stereocenters. The molecule has 1 aliphatic carbocycles. The van der Waals surface area contributed by atoms with Crippen LogP contribution in [0.3, 0.4) is 0 Å². The topological polar surface area (TPSA) is 21.3 Å². The van der Waals surface area contributed by atoms with Crippen molar-refractivity contribution in [1.82, 2.24) is 5.32 Å². The predicted octanol–water partition coefficient (Wildman–Crippen LogP) is 4.38. The summed E-state index contributed by atoms with van der Waals surface area (Å²) in [6.07, 6.45) is 2.30. The van der Waals surface area contributed by atoms with Crippen LogP contribution in [-0.4, -0.2) is 13.2 Å². The zero-order valence-corrected chi connectivity index (χ0v) is 12.9. The smallest absolute Gasteiger partial charge is 0.123 e. The van der Waals surface area contributed by atoms with Crippen molar-refractivity contribution in [2.24, 2.45) is 0 Å². The Morgan fingerprint density at radius 1 is 1.10 bits per heavy atom. The Bertz CT molecular complexity index is 608. The number of ether oxygens (including phenoxy) is 1. The third-order valence-corrected chi connectivity index (χ3v) is 4.60. The normalized spacial score (nSPS) is 20.9. The van der Waals surface area contributed by atoms with Crippen LogP contribution in [0.2, 0.25) is 5.02 Å². The van der Waals surface area contributed by atoms with Crippen LogP contribution in [0.1, 0.15) is 29.9 Å². The van der Waals surface area contributed by atoms with Crippen molar-refractivity contribution in [3.63, 3.8) is 0 Å². The summed E-state index contributed by atoms with van der Waals surface area (Å²) in [4.78, 5) is 0. The van der Waals surface area contributed by atoms with Crippen molar-refractivity contribution >= 4 is 11.6 Å². The number of para-hydroxylation sites is 1. The van der Waals surface area contributed by atoms with Gasteiger partial charge in [0.2, 0.25) is 0 Å². The van der Waals surface area contributed by atoms with Gasteiger partial charge in [-0.05, 0) is 36.5 Å². The molecule has 0 heterocycles. The quantitative estimate of drug-likeness (QED) is 0.884. The zero-order valence-electron chi connectivity index (χ0n) is 12.2. The SMILES string of the molecule is COc1ccccc1CNC1CC(c2ccccc2Cl)C1. The molecule has 1 saturated carbocycles. The molecule has 2 aromatic rings. The fourth-order valence-electron chi connectivity index (χ4n) is 2.95. The summed E-state index contributed by atoms with van der Waals surface area (Å²) in [5.74, 6) is 1.54. The van der Waals surface area contributed by atoms with Gasteiger partial charge in [0, 0.05) is 23.2 Å². The molecule has 1 fully saturated rings. The van der Waals surface area contributed by atoms with Crippen LogP contribution in [0.15, 0.2) is 48.5 Å². The van der Waals surface area contributed by atoms with Crippen LogP contribution in [-0.2, 0) is 6.54 Å². The van der Waals surface area contributed by atoms with Crippen molar-refractivity contribution in [1.29, 1.82) is 0 Å². The Balaban J connectivity index is 1.53. The summed E-state index contributed by atoms with van der Waals surface area (Å²) >= 11 is 6.26. The lowest BCUT2D eigenvalue weighted by Gasteiger charge is -2.37. The van der Waals surface area contributed by atoms with Crippen LogP contribution in [0.5, 0.6) is 5.75 Å². The van der Waals surface area contributed by atoms with Gasteiger partial charge in [0.25, 0.3) is 0 Å². The highest BCUT2D eigenvalue weighted by atomic mass is 35.5. The summed E-state index contributed by atoms with van der Waals surface area (Å²) < 4.78 is 5.38. The number of rotatable bonds is 5. The maximum absolute atomic E-state index is 6.26. The number of hydrogen-bond donors (Lipinski definition) is 1. The van der Waals surface area contributed by atoms with E-state index >= 15 is 0 Å². The maximum Gasteiger partial charge on any atom is 0.123 e. The highest BCUT2D eigenvalue weighted by molar-refractivity contribution is 6.31. The van der Waals surface area contributed by atoms with Crippen molar-refractivity contribution in [2.45, 2.75) is 31.3 Å². The average molecular weight is 302 g/mol. The molecule has 1 N–H and O–H groups in total. The van der Waals surface area contributed by atoms with E-state index in [0.29, 0.717) is 12.0 Å². The predicted molar refractivity (Wildman–Crippen MR) is 87.0 cm³/mol. The molecule has 0 bridgehead atoms.